The summed E-state index contributed by atoms with van der Waals surface area (Å²) >= 11 is 1.60. The fourth-order valence-electron chi connectivity index (χ4n) is 2.47. The van der Waals surface area contributed by atoms with Gasteiger partial charge in [-0.2, -0.15) is 16.5 Å². The molecular weight excluding hydrogens is 364 g/mol. The van der Waals surface area contributed by atoms with Crippen molar-refractivity contribution < 1.29 is 23.1 Å². The summed E-state index contributed by atoms with van der Waals surface area (Å²) in [5, 5.41) is 9.02. The third kappa shape index (κ3) is 4.98. The molecule has 0 radical (unpaired) electrons. The lowest BCUT2D eigenvalue weighted by atomic mass is 10.1. The number of rotatable bonds is 6. The number of nitrogens with one attached hydrogen (secondary N) is 1. The second kappa shape index (κ2) is 8.38. The first-order valence-corrected chi connectivity index (χ1v) is 10.1. The molecule has 1 heterocycles. The highest BCUT2D eigenvalue weighted by molar-refractivity contribution is 7.99. The SMILES string of the molecule is C#CCNS(=O)(=O)c1cccc(C(=O)N2CCSCC2CC(=O)O)c1. The van der Waals surface area contributed by atoms with Crippen LogP contribution in [0.5, 0.6) is 0 Å². The highest BCUT2D eigenvalue weighted by Gasteiger charge is 2.30. The van der Waals surface area contributed by atoms with Crippen molar-refractivity contribution in [2.75, 3.05) is 24.6 Å². The van der Waals surface area contributed by atoms with Crippen LogP contribution in [-0.4, -0.2) is 60.9 Å². The molecule has 1 amide bonds. The molecule has 1 aromatic rings. The summed E-state index contributed by atoms with van der Waals surface area (Å²) in [5.74, 6) is 2.09. The first-order chi connectivity index (χ1) is 11.8. The Morgan fingerprint density at radius 2 is 2.20 bits per heavy atom. The maximum Gasteiger partial charge on any atom is 0.305 e. The zero-order chi connectivity index (χ0) is 18.4. The van der Waals surface area contributed by atoms with E-state index in [0.717, 1.165) is 0 Å². The highest BCUT2D eigenvalue weighted by atomic mass is 32.2. The summed E-state index contributed by atoms with van der Waals surface area (Å²) in [4.78, 5) is 25.2. The quantitative estimate of drug-likeness (QED) is 0.700. The predicted octanol–water partition coefficient (Wildman–Crippen LogP) is 0.630. The number of carboxylic acid groups (broad SMARTS) is 1. The monoisotopic (exact) mass is 382 g/mol. The zero-order valence-electron chi connectivity index (χ0n) is 13.3. The second-order valence-electron chi connectivity index (χ2n) is 5.38. The number of thioether (sulfide) groups is 1. The Balaban J connectivity index is 2.25. The van der Waals surface area contributed by atoms with Gasteiger partial charge in [-0.15, -0.1) is 6.42 Å². The minimum atomic E-state index is -3.80. The van der Waals surface area contributed by atoms with E-state index in [4.69, 9.17) is 11.5 Å². The Bertz CT molecular complexity index is 801. The number of amides is 1. The minimum absolute atomic E-state index is 0.0604. The summed E-state index contributed by atoms with van der Waals surface area (Å²) < 4.78 is 26.5. The molecule has 0 spiro atoms. The lowest BCUT2D eigenvalue weighted by molar-refractivity contribution is -0.138. The average Bonchev–Trinajstić information content (AvgIpc) is 2.59. The summed E-state index contributed by atoms with van der Waals surface area (Å²) in [7, 11) is -3.80. The molecule has 1 aromatic carbocycles. The summed E-state index contributed by atoms with van der Waals surface area (Å²) in [6, 6.07) is 5.23. The van der Waals surface area contributed by atoms with E-state index in [9.17, 15) is 18.0 Å². The Kier molecular flexibility index (Phi) is 6.47. The average molecular weight is 382 g/mol. The van der Waals surface area contributed by atoms with Crippen molar-refractivity contribution >= 4 is 33.7 Å². The Morgan fingerprint density at radius 1 is 1.44 bits per heavy atom. The lowest BCUT2D eigenvalue weighted by Gasteiger charge is -2.34. The maximum atomic E-state index is 12.8. The molecule has 25 heavy (non-hydrogen) atoms. The van der Waals surface area contributed by atoms with Crippen molar-refractivity contribution in [3.8, 4) is 12.3 Å². The van der Waals surface area contributed by atoms with E-state index in [0.29, 0.717) is 18.1 Å². The molecule has 1 aliphatic rings. The van der Waals surface area contributed by atoms with Gasteiger partial charge in [0, 0.05) is 23.6 Å². The predicted molar refractivity (Wildman–Crippen MR) is 94.9 cm³/mol. The Morgan fingerprint density at radius 3 is 2.88 bits per heavy atom. The summed E-state index contributed by atoms with van der Waals surface area (Å²) in [6.45, 7) is 0.276. The van der Waals surface area contributed by atoms with Crippen LogP contribution < -0.4 is 4.72 Å². The van der Waals surface area contributed by atoms with E-state index in [2.05, 4.69) is 10.6 Å². The van der Waals surface area contributed by atoms with Gasteiger partial charge in [-0.25, -0.2) is 8.42 Å². The van der Waals surface area contributed by atoms with Gasteiger partial charge in [0.15, 0.2) is 0 Å². The van der Waals surface area contributed by atoms with Crippen LogP contribution in [0.1, 0.15) is 16.8 Å². The molecule has 9 heteroatoms. The maximum absolute atomic E-state index is 12.8. The first-order valence-electron chi connectivity index (χ1n) is 7.49. The smallest absolute Gasteiger partial charge is 0.305 e. The molecule has 1 fully saturated rings. The molecule has 134 valence electrons. The van der Waals surface area contributed by atoms with E-state index in [1.165, 1.54) is 29.2 Å². The van der Waals surface area contributed by atoms with Gasteiger partial charge in [0.2, 0.25) is 10.0 Å². The van der Waals surface area contributed by atoms with Crippen LogP contribution in [0.2, 0.25) is 0 Å². The van der Waals surface area contributed by atoms with Crippen molar-refractivity contribution in [2.24, 2.45) is 0 Å². The molecule has 1 aliphatic heterocycles. The molecule has 1 atom stereocenters. The number of terminal acetylenes is 1. The van der Waals surface area contributed by atoms with E-state index >= 15 is 0 Å². The number of hydrogen-bond acceptors (Lipinski definition) is 5. The van der Waals surface area contributed by atoms with Crippen molar-refractivity contribution in [3.63, 3.8) is 0 Å². The van der Waals surface area contributed by atoms with Gasteiger partial charge >= 0.3 is 5.97 Å². The van der Waals surface area contributed by atoms with Gasteiger partial charge in [0.1, 0.15) is 0 Å². The summed E-state index contributed by atoms with van der Waals surface area (Å²) in [5.41, 5.74) is 0.200. The van der Waals surface area contributed by atoms with Gasteiger partial charge < -0.3 is 10.0 Å². The molecular formula is C16H18N2O5S2. The van der Waals surface area contributed by atoms with Crippen LogP contribution in [0.25, 0.3) is 0 Å². The van der Waals surface area contributed by atoms with Crippen LogP contribution in [0.3, 0.4) is 0 Å². The number of carboxylic acids is 1. The third-order valence-corrected chi connectivity index (χ3v) is 6.14. The molecule has 1 saturated heterocycles. The molecule has 0 aromatic heterocycles. The van der Waals surface area contributed by atoms with E-state index in [1.54, 1.807) is 11.8 Å². The van der Waals surface area contributed by atoms with E-state index < -0.39 is 22.0 Å². The largest absolute Gasteiger partial charge is 0.481 e. The number of nitrogens with zero attached hydrogens (tertiary/aromatic N) is 1. The number of hydrogen-bond donors (Lipinski definition) is 2. The fourth-order valence-corrected chi connectivity index (χ4v) is 4.52. The molecule has 0 bridgehead atoms. The second-order valence-corrected chi connectivity index (χ2v) is 8.30. The summed E-state index contributed by atoms with van der Waals surface area (Å²) in [6.07, 6.45) is 4.92. The fraction of sp³-hybridized carbons (Fsp3) is 0.375. The minimum Gasteiger partial charge on any atom is -0.481 e. The van der Waals surface area contributed by atoms with Gasteiger partial charge in [0.05, 0.1) is 23.9 Å². The van der Waals surface area contributed by atoms with Gasteiger partial charge in [0.25, 0.3) is 5.91 Å². The molecule has 0 aliphatic carbocycles. The van der Waals surface area contributed by atoms with Crippen LogP contribution in [0.15, 0.2) is 29.2 Å². The van der Waals surface area contributed by atoms with Crippen LogP contribution >= 0.6 is 11.8 Å². The van der Waals surface area contributed by atoms with Crippen LogP contribution in [-0.2, 0) is 14.8 Å². The van der Waals surface area contributed by atoms with Gasteiger partial charge in [-0.1, -0.05) is 12.0 Å². The number of benzene rings is 1. The third-order valence-electron chi connectivity index (χ3n) is 3.65. The van der Waals surface area contributed by atoms with Crippen molar-refractivity contribution in [1.29, 1.82) is 0 Å². The number of aliphatic carboxylic acids is 1. The van der Waals surface area contributed by atoms with Crippen molar-refractivity contribution in [2.45, 2.75) is 17.4 Å². The van der Waals surface area contributed by atoms with Crippen LogP contribution in [0.4, 0.5) is 0 Å². The van der Waals surface area contributed by atoms with E-state index in [1.807, 2.05) is 0 Å². The topological polar surface area (TPSA) is 104 Å². The zero-order valence-corrected chi connectivity index (χ0v) is 15.0. The molecule has 2 rings (SSSR count). The standard InChI is InChI=1S/C16H18N2O5S2/c1-2-6-17-25(22,23)14-5-3-4-12(9-14)16(21)18-7-8-24-11-13(18)10-15(19)20/h1,3-5,9,13,17H,6-8,10-11H2,(H,19,20). The normalized spacial score (nSPS) is 17.7. The molecule has 2 N–H and O–H groups in total. The highest BCUT2D eigenvalue weighted by Crippen LogP contribution is 2.22. The van der Waals surface area contributed by atoms with Crippen LogP contribution in [0, 0.1) is 12.3 Å². The lowest BCUT2D eigenvalue weighted by Crippen LogP contribution is -2.47. The van der Waals surface area contributed by atoms with Gasteiger partial charge in [-0.3, -0.25) is 9.59 Å². The number of carbonyl (C=O) groups excluding carboxylic acids is 1. The molecule has 7 nitrogen and oxygen atoms in total. The Labute approximate surface area is 150 Å². The number of sulfonamides is 1. The molecule has 1 unspecified atom stereocenters. The Hall–Kier alpha value is -2.02. The van der Waals surface area contributed by atoms with Gasteiger partial charge in [-0.05, 0) is 18.2 Å². The first kappa shape index (κ1) is 19.3. The van der Waals surface area contributed by atoms with E-state index in [-0.39, 0.29) is 29.3 Å². The van der Waals surface area contributed by atoms with Crippen molar-refractivity contribution in [1.82, 2.24) is 9.62 Å². The number of carbonyl (C=O) groups is 2. The van der Waals surface area contributed by atoms with Crippen molar-refractivity contribution in [3.05, 3.63) is 29.8 Å². The molecule has 0 saturated carbocycles.